The van der Waals surface area contributed by atoms with Crippen LogP contribution in [0.3, 0.4) is 0 Å². The molecule has 0 saturated heterocycles. The molecule has 3 rings (SSSR count). The molecule has 1 atom stereocenters. The van der Waals surface area contributed by atoms with Gasteiger partial charge in [0.2, 0.25) is 0 Å². The highest BCUT2D eigenvalue weighted by Crippen LogP contribution is 2.32. The SMILES string of the molecule is Cc1ccc(NC2=CC(=O)C[C@H](c3ccc(Cl)cc3)C2)cc1. The molecule has 0 spiro atoms. The van der Waals surface area contributed by atoms with Crippen molar-refractivity contribution < 1.29 is 4.79 Å². The Balaban J connectivity index is 1.76. The van der Waals surface area contributed by atoms with Crippen LogP contribution in [0.25, 0.3) is 0 Å². The number of carbonyl (C=O) groups is 1. The molecule has 0 aromatic heterocycles. The smallest absolute Gasteiger partial charge is 0.158 e. The number of nitrogens with one attached hydrogen (secondary N) is 1. The average molecular weight is 312 g/mol. The molecule has 0 saturated carbocycles. The number of benzene rings is 2. The monoisotopic (exact) mass is 311 g/mol. The van der Waals surface area contributed by atoms with Crippen LogP contribution in [-0.4, -0.2) is 5.78 Å². The third-order valence-corrected chi connectivity index (χ3v) is 4.20. The largest absolute Gasteiger partial charge is 0.359 e. The molecule has 2 aromatic rings. The van der Waals surface area contributed by atoms with E-state index in [0.717, 1.165) is 28.4 Å². The second-order valence-electron chi connectivity index (χ2n) is 5.78. The lowest BCUT2D eigenvalue weighted by Crippen LogP contribution is -2.16. The summed E-state index contributed by atoms with van der Waals surface area (Å²) in [4.78, 5) is 12.0. The van der Waals surface area contributed by atoms with E-state index in [-0.39, 0.29) is 11.7 Å². The minimum absolute atomic E-state index is 0.167. The normalized spacial score (nSPS) is 18.0. The van der Waals surface area contributed by atoms with Crippen molar-refractivity contribution in [2.75, 3.05) is 5.32 Å². The van der Waals surface area contributed by atoms with Gasteiger partial charge in [0.25, 0.3) is 0 Å². The first kappa shape index (κ1) is 14.9. The molecule has 0 bridgehead atoms. The van der Waals surface area contributed by atoms with E-state index in [4.69, 9.17) is 11.6 Å². The van der Waals surface area contributed by atoms with Crippen molar-refractivity contribution in [3.8, 4) is 0 Å². The number of hydrogen-bond acceptors (Lipinski definition) is 2. The molecule has 1 N–H and O–H groups in total. The summed E-state index contributed by atoms with van der Waals surface area (Å²) >= 11 is 5.94. The van der Waals surface area contributed by atoms with E-state index in [2.05, 4.69) is 24.4 Å². The average Bonchev–Trinajstić information content (AvgIpc) is 2.50. The fraction of sp³-hybridized carbons (Fsp3) is 0.211. The maximum Gasteiger partial charge on any atom is 0.158 e. The molecular formula is C19H18ClNO. The summed E-state index contributed by atoms with van der Waals surface area (Å²) in [5.41, 5.74) is 4.37. The quantitative estimate of drug-likeness (QED) is 0.855. The van der Waals surface area contributed by atoms with E-state index in [1.54, 1.807) is 6.08 Å². The van der Waals surface area contributed by atoms with Crippen LogP contribution in [-0.2, 0) is 4.79 Å². The lowest BCUT2D eigenvalue weighted by Gasteiger charge is -2.23. The Morgan fingerprint density at radius 3 is 2.36 bits per heavy atom. The zero-order valence-corrected chi connectivity index (χ0v) is 13.2. The van der Waals surface area contributed by atoms with Gasteiger partial charge in [-0.1, -0.05) is 41.4 Å². The van der Waals surface area contributed by atoms with Crippen molar-refractivity contribution in [2.24, 2.45) is 0 Å². The van der Waals surface area contributed by atoms with Gasteiger partial charge in [0.15, 0.2) is 5.78 Å². The van der Waals surface area contributed by atoms with Gasteiger partial charge in [0.05, 0.1) is 0 Å². The lowest BCUT2D eigenvalue weighted by molar-refractivity contribution is -0.115. The Morgan fingerprint density at radius 2 is 1.68 bits per heavy atom. The van der Waals surface area contributed by atoms with Gasteiger partial charge in [-0.3, -0.25) is 4.79 Å². The van der Waals surface area contributed by atoms with Crippen LogP contribution < -0.4 is 5.32 Å². The van der Waals surface area contributed by atoms with Crippen LogP contribution in [0.5, 0.6) is 0 Å². The minimum Gasteiger partial charge on any atom is -0.359 e. The second kappa shape index (κ2) is 6.37. The zero-order chi connectivity index (χ0) is 15.5. The van der Waals surface area contributed by atoms with Crippen LogP contribution in [0.15, 0.2) is 60.3 Å². The molecule has 1 aliphatic carbocycles. The van der Waals surface area contributed by atoms with E-state index in [0.29, 0.717) is 6.42 Å². The summed E-state index contributed by atoms with van der Waals surface area (Å²) < 4.78 is 0. The number of halogens is 1. The van der Waals surface area contributed by atoms with Gasteiger partial charge in [0, 0.05) is 28.9 Å². The second-order valence-corrected chi connectivity index (χ2v) is 6.22. The van der Waals surface area contributed by atoms with Gasteiger partial charge >= 0.3 is 0 Å². The van der Waals surface area contributed by atoms with Gasteiger partial charge in [-0.15, -0.1) is 0 Å². The summed E-state index contributed by atoms with van der Waals surface area (Å²) in [6.45, 7) is 2.06. The first-order valence-corrected chi connectivity index (χ1v) is 7.80. The maximum absolute atomic E-state index is 12.0. The summed E-state index contributed by atoms with van der Waals surface area (Å²) in [7, 11) is 0. The van der Waals surface area contributed by atoms with Gasteiger partial charge in [-0.25, -0.2) is 0 Å². The predicted octanol–water partition coefficient (Wildman–Crippen LogP) is 5.09. The third kappa shape index (κ3) is 3.58. The first-order chi connectivity index (χ1) is 10.6. The van der Waals surface area contributed by atoms with Crippen LogP contribution in [0.2, 0.25) is 5.02 Å². The molecule has 0 fully saturated rings. The van der Waals surface area contributed by atoms with Crippen molar-refractivity contribution in [3.05, 3.63) is 76.5 Å². The molecule has 0 heterocycles. The highest BCUT2D eigenvalue weighted by atomic mass is 35.5. The molecule has 0 unspecified atom stereocenters. The molecule has 3 heteroatoms. The summed E-state index contributed by atoms with van der Waals surface area (Å²) in [5.74, 6) is 0.378. The van der Waals surface area contributed by atoms with Crippen LogP contribution >= 0.6 is 11.6 Å². The van der Waals surface area contributed by atoms with Crippen LogP contribution in [0.1, 0.15) is 29.9 Å². The number of rotatable bonds is 3. The van der Waals surface area contributed by atoms with Crippen LogP contribution in [0.4, 0.5) is 5.69 Å². The summed E-state index contributed by atoms with van der Waals surface area (Å²) in [6, 6.07) is 16.0. The topological polar surface area (TPSA) is 29.1 Å². The molecule has 112 valence electrons. The van der Waals surface area contributed by atoms with Gasteiger partial charge in [-0.2, -0.15) is 0 Å². The fourth-order valence-electron chi connectivity index (χ4n) is 2.77. The van der Waals surface area contributed by atoms with E-state index >= 15 is 0 Å². The Hall–Kier alpha value is -2.06. The zero-order valence-electron chi connectivity index (χ0n) is 12.5. The molecular weight excluding hydrogens is 294 g/mol. The number of ketones is 1. The lowest BCUT2D eigenvalue weighted by atomic mass is 9.85. The molecule has 0 amide bonds. The number of carbonyl (C=O) groups excluding carboxylic acids is 1. The predicted molar refractivity (Wildman–Crippen MR) is 91.3 cm³/mol. The minimum atomic E-state index is 0.167. The maximum atomic E-state index is 12.0. The highest BCUT2D eigenvalue weighted by Gasteiger charge is 2.22. The molecule has 0 radical (unpaired) electrons. The van der Waals surface area contributed by atoms with Crippen molar-refractivity contribution in [1.82, 2.24) is 0 Å². The van der Waals surface area contributed by atoms with E-state index in [1.807, 2.05) is 36.4 Å². The first-order valence-electron chi connectivity index (χ1n) is 7.43. The fourth-order valence-corrected chi connectivity index (χ4v) is 2.90. The van der Waals surface area contributed by atoms with E-state index in [9.17, 15) is 4.79 Å². The summed E-state index contributed by atoms with van der Waals surface area (Å²) in [5, 5.41) is 4.09. The standard InChI is InChI=1S/C19H18ClNO/c1-13-2-8-17(9-3-13)21-18-10-15(11-19(22)12-18)14-4-6-16(20)7-5-14/h2-9,12,15,21H,10-11H2,1H3/t15-/m1/s1. The number of hydrogen-bond donors (Lipinski definition) is 1. The van der Waals surface area contributed by atoms with Crippen molar-refractivity contribution in [2.45, 2.75) is 25.7 Å². The summed E-state index contributed by atoms with van der Waals surface area (Å²) in [6.07, 6.45) is 3.12. The number of anilines is 1. The van der Waals surface area contributed by atoms with Crippen molar-refractivity contribution >= 4 is 23.1 Å². The van der Waals surface area contributed by atoms with Gasteiger partial charge in [0.1, 0.15) is 0 Å². The Bertz CT molecular complexity index is 701. The highest BCUT2D eigenvalue weighted by molar-refractivity contribution is 6.30. The number of aryl methyl sites for hydroxylation is 1. The van der Waals surface area contributed by atoms with Gasteiger partial charge in [-0.05, 0) is 49.1 Å². The molecule has 1 aliphatic rings. The van der Waals surface area contributed by atoms with E-state index in [1.165, 1.54) is 5.56 Å². The Kier molecular flexibility index (Phi) is 4.30. The molecule has 0 aliphatic heterocycles. The van der Waals surface area contributed by atoms with E-state index < -0.39 is 0 Å². The van der Waals surface area contributed by atoms with Crippen LogP contribution in [0, 0.1) is 6.92 Å². The van der Waals surface area contributed by atoms with Crippen molar-refractivity contribution in [3.63, 3.8) is 0 Å². The molecule has 22 heavy (non-hydrogen) atoms. The third-order valence-electron chi connectivity index (χ3n) is 3.95. The Labute approximate surface area is 135 Å². The molecule has 2 aromatic carbocycles. The van der Waals surface area contributed by atoms with Gasteiger partial charge < -0.3 is 5.32 Å². The number of allylic oxidation sites excluding steroid dienone is 2. The molecule has 2 nitrogen and oxygen atoms in total. The van der Waals surface area contributed by atoms with Crippen molar-refractivity contribution in [1.29, 1.82) is 0 Å². The Morgan fingerprint density at radius 1 is 1.00 bits per heavy atom.